The third-order valence-corrected chi connectivity index (χ3v) is 2.40. The van der Waals surface area contributed by atoms with Crippen LogP contribution in [0, 0.1) is 12.7 Å². The molecule has 1 heterocycles. The van der Waals surface area contributed by atoms with Gasteiger partial charge in [0, 0.05) is 6.07 Å². The molecule has 3 N–H and O–H groups in total. The fourth-order valence-electron chi connectivity index (χ4n) is 1.45. The van der Waals surface area contributed by atoms with Gasteiger partial charge >= 0.3 is 5.97 Å². The molecule has 0 amide bonds. The van der Waals surface area contributed by atoms with E-state index in [1.165, 1.54) is 13.0 Å². The van der Waals surface area contributed by atoms with Crippen LogP contribution in [-0.4, -0.2) is 26.4 Å². The summed E-state index contributed by atoms with van der Waals surface area (Å²) in [5.41, 5.74) is -0.338. The van der Waals surface area contributed by atoms with Crippen molar-refractivity contribution in [2.75, 3.05) is 0 Å². The number of phenolic OH excluding ortho intramolecular Hbond substituents is 2. The van der Waals surface area contributed by atoms with E-state index in [4.69, 9.17) is 5.11 Å². The number of aromatic hydroxyl groups is 2. The quantitative estimate of drug-likeness (QED) is 0.706. The zero-order valence-corrected chi connectivity index (χ0v) is 9.14. The predicted octanol–water partition coefficient (Wildman–Crippen LogP) is 1.90. The van der Waals surface area contributed by atoms with Crippen molar-refractivity contribution in [2.24, 2.45) is 0 Å². The number of rotatable bonds is 2. The summed E-state index contributed by atoms with van der Waals surface area (Å²) in [5, 5.41) is 30.6. The molecule has 2 aromatic rings. The van der Waals surface area contributed by atoms with Crippen LogP contribution >= 0.6 is 0 Å². The molecule has 0 atom stereocenters. The van der Waals surface area contributed by atoms with E-state index in [0.29, 0.717) is 0 Å². The van der Waals surface area contributed by atoms with Crippen LogP contribution in [0.15, 0.2) is 16.7 Å². The number of carboxylic acid groups (broad SMARTS) is 1. The van der Waals surface area contributed by atoms with E-state index in [0.717, 1.165) is 6.07 Å². The summed E-state index contributed by atoms with van der Waals surface area (Å²) in [4.78, 5) is 10.6. The Labute approximate surface area is 99.9 Å². The van der Waals surface area contributed by atoms with Crippen LogP contribution in [0.3, 0.4) is 0 Å². The van der Waals surface area contributed by atoms with Gasteiger partial charge in [0.05, 0.1) is 5.56 Å². The van der Waals surface area contributed by atoms with Crippen LogP contribution in [0.5, 0.6) is 11.5 Å². The van der Waals surface area contributed by atoms with Crippen LogP contribution in [-0.2, 0) is 0 Å². The average molecular weight is 253 g/mol. The first-order valence-electron chi connectivity index (χ1n) is 4.83. The molecule has 0 unspecified atom stereocenters. The largest absolute Gasteiger partial charge is 0.504 e. The second-order valence-electron chi connectivity index (χ2n) is 3.63. The number of carboxylic acids is 1. The Bertz CT molecular complexity index is 635. The van der Waals surface area contributed by atoms with Crippen molar-refractivity contribution in [1.82, 2.24) is 5.16 Å². The second-order valence-corrected chi connectivity index (χ2v) is 3.63. The smallest absolute Gasteiger partial charge is 0.358 e. The van der Waals surface area contributed by atoms with E-state index in [1.54, 1.807) is 0 Å². The number of carbonyl (C=O) groups is 1. The van der Waals surface area contributed by atoms with Crippen LogP contribution < -0.4 is 0 Å². The molecular weight excluding hydrogens is 245 g/mol. The molecule has 0 aliphatic rings. The second kappa shape index (κ2) is 4.02. The number of hydrogen-bond donors (Lipinski definition) is 3. The number of aromatic nitrogens is 1. The van der Waals surface area contributed by atoms with Crippen molar-refractivity contribution < 1.29 is 29.0 Å². The fraction of sp³-hybridized carbons (Fsp3) is 0.0909. The van der Waals surface area contributed by atoms with Crippen LogP contribution in [0.4, 0.5) is 4.39 Å². The Hall–Kier alpha value is -2.57. The number of halogens is 1. The first-order valence-corrected chi connectivity index (χ1v) is 4.83. The number of hydrogen-bond acceptors (Lipinski definition) is 5. The van der Waals surface area contributed by atoms with Crippen molar-refractivity contribution in [3.63, 3.8) is 0 Å². The molecular formula is C11H8FNO5. The summed E-state index contributed by atoms with van der Waals surface area (Å²) in [6.45, 7) is 1.45. The van der Waals surface area contributed by atoms with Gasteiger partial charge in [-0.2, -0.15) is 0 Å². The highest BCUT2D eigenvalue weighted by atomic mass is 19.1. The summed E-state index contributed by atoms with van der Waals surface area (Å²) >= 11 is 0. The molecule has 0 aliphatic carbocycles. The summed E-state index contributed by atoms with van der Waals surface area (Å²) in [6.07, 6.45) is 0. The van der Waals surface area contributed by atoms with Gasteiger partial charge < -0.3 is 19.8 Å². The molecule has 0 saturated heterocycles. The molecule has 0 bridgehead atoms. The van der Waals surface area contributed by atoms with Crippen LogP contribution in [0.25, 0.3) is 11.3 Å². The fourth-order valence-corrected chi connectivity index (χ4v) is 1.45. The molecule has 0 aliphatic heterocycles. The van der Waals surface area contributed by atoms with Crippen LogP contribution in [0.1, 0.15) is 16.1 Å². The normalized spacial score (nSPS) is 10.6. The van der Waals surface area contributed by atoms with E-state index in [2.05, 4.69) is 9.68 Å². The zero-order valence-electron chi connectivity index (χ0n) is 9.14. The predicted molar refractivity (Wildman–Crippen MR) is 56.9 cm³/mol. The van der Waals surface area contributed by atoms with Crippen molar-refractivity contribution in [1.29, 1.82) is 0 Å². The van der Waals surface area contributed by atoms with Gasteiger partial charge in [-0.05, 0) is 18.6 Å². The Morgan fingerprint density at radius 1 is 1.33 bits per heavy atom. The minimum Gasteiger partial charge on any atom is -0.504 e. The van der Waals surface area contributed by atoms with E-state index < -0.39 is 23.3 Å². The maximum atomic E-state index is 13.7. The maximum Gasteiger partial charge on any atom is 0.358 e. The summed E-state index contributed by atoms with van der Waals surface area (Å²) in [7, 11) is 0. The van der Waals surface area contributed by atoms with Crippen molar-refractivity contribution in [2.45, 2.75) is 6.92 Å². The van der Waals surface area contributed by atoms with E-state index >= 15 is 0 Å². The lowest BCUT2D eigenvalue weighted by atomic mass is 10.1. The SMILES string of the molecule is Cc1cc(-c2cc(C(=O)O)no2)c(F)c(O)c1O. The van der Waals surface area contributed by atoms with E-state index in [1.807, 2.05) is 0 Å². The first kappa shape index (κ1) is 11.9. The molecule has 7 heteroatoms. The van der Waals surface area contributed by atoms with Gasteiger partial charge in [0.15, 0.2) is 28.8 Å². The standard InChI is InChI=1S/C11H8FNO5/c1-4-2-5(8(12)10(15)9(4)14)7-3-6(11(16)17)13-18-7/h2-3,14-15H,1H3,(H,16,17). The van der Waals surface area contributed by atoms with Crippen molar-refractivity contribution >= 4 is 5.97 Å². The Kier molecular flexibility index (Phi) is 2.66. The zero-order chi connectivity index (χ0) is 13.4. The molecule has 1 aromatic carbocycles. The van der Waals surface area contributed by atoms with Gasteiger partial charge in [0.1, 0.15) is 0 Å². The molecule has 1 aromatic heterocycles. The lowest BCUT2D eigenvalue weighted by molar-refractivity contribution is 0.0686. The highest BCUT2D eigenvalue weighted by Gasteiger charge is 2.20. The third kappa shape index (κ3) is 1.75. The molecule has 0 spiro atoms. The Morgan fingerprint density at radius 3 is 2.56 bits per heavy atom. The Balaban J connectivity index is 2.60. The number of aryl methyl sites for hydroxylation is 1. The highest BCUT2D eigenvalue weighted by Crippen LogP contribution is 2.38. The average Bonchev–Trinajstić information content (AvgIpc) is 2.80. The van der Waals surface area contributed by atoms with Gasteiger partial charge in [-0.3, -0.25) is 0 Å². The van der Waals surface area contributed by atoms with Crippen molar-refractivity contribution in [3.8, 4) is 22.8 Å². The van der Waals surface area contributed by atoms with Gasteiger partial charge in [0.2, 0.25) is 0 Å². The number of phenols is 2. The monoisotopic (exact) mass is 253 g/mol. The molecule has 2 rings (SSSR count). The summed E-state index contributed by atoms with van der Waals surface area (Å²) < 4.78 is 18.4. The van der Waals surface area contributed by atoms with E-state index in [-0.39, 0.29) is 22.6 Å². The number of aromatic carboxylic acids is 1. The summed E-state index contributed by atoms with van der Waals surface area (Å²) in [5.74, 6) is -4.06. The number of benzene rings is 1. The first-order chi connectivity index (χ1) is 8.41. The molecule has 0 radical (unpaired) electrons. The lowest BCUT2D eigenvalue weighted by Crippen LogP contribution is -1.94. The molecule has 0 fully saturated rings. The number of nitrogens with zero attached hydrogens (tertiary/aromatic N) is 1. The lowest BCUT2D eigenvalue weighted by Gasteiger charge is -2.06. The third-order valence-electron chi connectivity index (χ3n) is 2.40. The Morgan fingerprint density at radius 2 is 2.00 bits per heavy atom. The minimum atomic E-state index is -1.31. The molecule has 18 heavy (non-hydrogen) atoms. The molecule has 0 saturated carbocycles. The maximum absolute atomic E-state index is 13.7. The van der Waals surface area contributed by atoms with Crippen molar-refractivity contribution in [3.05, 3.63) is 29.2 Å². The minimum absolute atomic E-state index is 0.150. The molecule has 94 valence electrons. The molecule has 6 nitrogen and oxygen atoms in total. The highest BCUT2D eigenvalue weighted by molar-refractivity contribution is 5.86. The topological polar surface area (TPSA) is 104 Å². The van der Waals surface area contributed by atoms with Gasteiger partial charge in [0.25, 0.3) is 0 Å². The van der Waals surface area contributed by atoms with Gasteiger partial charge in [-0.25, -0.2) is 9.18 Å². The van der Waals surface area contributed by atoms with Gasteiger partial charge in [-0.15, -0.1) is 0 Å². The summed E-state index contributed by atoms with van der Waals surface area (Å²) in [6, 6.07) is 2.24. The van der Waals surface area contributed by atoms with E-state index in [9.17, 15) is 19.4 Å². The van der Waals surface area contributed by atoms with Crippen LogP contribution in [0.2, 0.25) is 0 Å². The van der Waals surface area contributed by atoms with Gasteiger partial charge in [-0.1, -0.05) is 5.16 Å².